The first-order chi connectivity index (χ1) is 9.06. The summed E-state index contributed by atoms with van der Waals surface area (Å²) in [5.41, 5.74) is 1.07. The number of hydrogen-bond acceptors (Lipinski definition) is 5. The van der Waals surface area contributed by atoms with Gasteiger partial charge in [0.25, 0.3) is 0 Å². The molecule has 0 saturated carbocycles. The largest absolute Gasteiger partial charge is 0.391 e. The predicted octanol–water partition coefficient (Wildman–Crippen LogP) is 2.76. The number of anilines is 1. The van der Waals surface area contributed by atoms with Gasteiger partial charge in [-0.1, -0.05) is 25.2 Å². The van der Waals surface area contributed by atoms with Crippen molar-refractivity contribution < 1.29 is 9.84 Å². The minimum absolute atomic E-state index is 0.0889. The topological polar surface area (TPSA) is 45.6 Å². The molecule has 1 aromatic rings. The summed E-state index contributed by atoms with van der Waals surface area (Å²) < 4.78 is 5.66. The molecular formula is C14H24N2O2S. The Bertz CT molecular complexity index is 422. The van der Waals surface area contributed by atoms with Crippen LogP contribution in [0.3, 0.4) is 0 Å². The lowest BCUT2D eigenvalue weighted by molar-refractivity contribution is 0.0343. The predicted molar refractivity (Wildman–Crippen MR) is 79.0 cm³/mol. The molecule has 19 heavy (non-hydrogen) atoms. The molecule has 1 aromatic heterocycles. The van der Waals surface area contributed by atoms with Gasteiger partial charge in [-0.3, -0.25) is 0 Å². The highest BCUT2D eigenvalue weighted by atomic mass is 32.1. The normalized spacial score (nSPS) is 25.6. The standard InChI is InChI=1S/C14H24N2O2S/c1-5-9(2)13-12(7-17)19-14(15-13)16-6-11(4)18-8-10(16)3/h9-11,17H,5-8H2,1-4H3. The van der Waals surface area contributed by atoms with Crippen LogP contribution in [0, 0.1) is 0 Å². The monoisotopic (exact) mass is 284 g/mol. The minimum atomic E-state index is 0.0889. The third-order valence-electron chi connectivity index (χ3n) is 3.79. The molecule has 3 unspecified atom stereocenters. The fourth-order valence-electron chi connectivity index (χ4n) is 2.33. The van der Waals surface area contributed by atoms with Crippen molar-refractivity contribution in [1.29, 1.82) is 0 Å². The quantitative estimate of drug-likeness (QED) is 0.923. The van der Waals surface area contributed by atoms with Crippen LogP contribution in [0.15, 0.2) is 0 Å². The Kier molecular flexibility index (Phi) is 4.81. The number of ether oxygens (including phenoxy) is 1. The molecule has 4 nitrogen and oxygen atoms in total. The smallest absolute Gasteiger partial charge is 0.186 e. The van der Waals surface area contributed by atoms with Gasteiger partial charge in [0.2, 0.25) is 0 Å². The van der Waals surface area contributed by atoms with E-state index >= 15 is 0 Å². The summed E-state index contributed by atoms with van der Waals surface area (Å²) in [6.45, 7) is 10.3. The van der Waals surface area contributed by atoms with Crippen molar-refractivity contribution in [2.24, 2.45) is 0 Å². The number of aliphatic hydroxyl groups is 1. The summed E-state index contributed by atoms with van der Waals surface area (Å²) in [4.78, 5) is 8.11. The molecule has 0 amide bonds. The fraction of sp³-hybridized carbons (Fsp3) is 0.786. The van der Waals surface area contributed by atoms with Crippen LogP contribution in [0.25, 0.3) is 0 Å². The van der Waals surface area contributed by atoms with E-state index in [0.29, 0.717) is 12.0 Å². The number of rotatable bonds is 4. The number of aliphatic hydroxyl groups excluding tert-OH is 1. The lowest BCUT2D eigenvalue weighted by Crippen LogP contribution is -2.47. The van der Waals surface area contributed by atoms with E-state index in [4.69, 9.17) is 9.72 Å². The third-order valence-corrected chi connectivity index (χ3v) is 4.89. The first kappa shape index (κ1) is 14.8. The average Bonchev–Trinajstić information content (AvgIpc) is 2.84. The van der Waals surface area contributed by atoms with Crippen LogP contribution >= 0.6 is 11.3 Å². The van der Waals surface area contributed by atoms with Gasteiger partial charge in [-0.15, -0.1) is 0 Å². The number of hydrogen-bond donors (Lipinski definition) is 1. The van der Waals surface area contributed by atoms with Crippen LogP contribution in [-0.4, -0.2) is 35.4 Å². The Morgan fingerprint density at radius 1 is 1.53 bits per heavy atom. The highest BCUT2D eigenvalue weighted by molar-refractivity contribution is 7.15. The van der Waals surface area contributed by atoms with Crippen LogP contribution in [0.2, 0.25) is 0 Å². The van der Waals surface area contributed by atoms with E-state index in [9.17, 15) is 5.11 Å². The summed E-state index contributed by atoms with van der Waals surface area (Å²) in [6, 6.07) is 0.346. The summed E-state index contributed by atoms with van der Waals surface area (Å²) in [5.74, 6) is 0.404. The first-order valence-electron chi connectivity index (χ1n) is 7.05. The molecule has 2 rings (SSSR count). The van der Waals surface area contributed by atoms with Crippen molar-refractivity contribution in [3.05, 3.63) is 10.6 Å². The van der Waals surface area contributed by atoms with E-state index in [1.165, 1.54) is 0 Å². The SMILES string of the molecule is CCC(C)c1nc(N2CC(C)OCC2C)sc1CO. The Morgan fingerprint density at radius 3 is 2.89 bits per heavy atom. The van der Waals surface area contributed by atoms with Crippen LogP contribution in [0.1, 0.15) is 50.6 Å². The van der Waals surface area contributed by atoms with Crippen LogP contribution in [-0.2, 0) is 11.3 Å². The molecule has 0 aliphatic carbocycles. The van der Waals surface area contributed by atoms with Gasteiger partial charge in [0.05, 0.1) is 35.9 Å². The highest BCUT2D eigenvalue weighted by Gasteiger charge is 2.27. The second-order valence-electron chi connectivity index (χ2n) is 5.42. The van der Waals surface area contributed by atoms with E-state index in [2.05, 4.69) is 32.6 Å². The number of morpholine rings is 1. The Hall–Kier alpha value is -0.650. The Labute approximate surface area is 119 Å². The maximum Gasteiger partial charge on any atom is 0.186 e. The average molecular weight is 284 g/mol. The molecule has 0 radical (unpaired) electrons. The molecule has 0 spiro atoms. The summed E-state index contributed by atoms with van der Waals surface area (Å²) >= 11 is 1.62. The van der Waals surface area contributed by atoms with Gasteiger partial charge in [0.1, 0.15) is 0 Å². The maximum atomic E-state index is 9.52. The highest BCUT2D eigenvalue weighted by Crippen LogP contribution is 2.34. The number of thiazole rings is 1. The minimum Gasteiger partial charge on any atom is -0.391 e. The van der Waals surface area contributed by atoms with Crippen LogP contribution in [0.5, 0.6) is 0 Å². The Morgan fingerprint density at radius 2 is 2.26 bits per heavy atom. The van der Waals surface area contributed by atoms with Crippen molar-refractivity contribution in [3.63, 3.8) is 0 Å². The second-order valence-corrected chi connectivity index (χ2v) is 6.48. The first-order valence-corrected chi connectivity index (χ1v) is 7.87. The van der Waals surface area contributed by atoms with Crippen molar-refractivity contribution in [2.45, 2.75) is 58.8 Å². The van der Waals surface area contributed by atoms with E-state index in [-0.39, 0.29) is 12.7 Å². The molecule has 5 heteroatoms. The van der Waals surface area contributed by atoms with E-state index in [0.717, 1.165) is 35.3 Å². The van der Waals surface area contributed by atoms with Gasteiger partial charge in [-0.2, -0.15) is 0 Å². The van der Waals surface area contributed by atoms with Gasteiger partial charge in [-0.05, 0) is 26.2 Å². The van der Waals surface area contributed by atoms with Crippen LogP contribution < -0.4 is 4.90 Å². The van der Waals surface area contributed by atoms with Gasteiger partial charge in [0, 0.05) is 6.54 Å². The molecule has 2 heterocycles. The number of aromatic nitrogens is 1. The van der Waals surface area contributed by atoms with Crippen LogP contribution in [0.4, 0.5) is 5.13 Å². The second kappa shape index (κ2) is 6.20. The van der Waals surface area contributed by atoms with Crippen molar-refractivity contribution in [1.82, 2.24) is 4.98 Å². The van der Waals surface area contributed by atoms with Gasteiger partial charge in [-0.25, -0.2) is 4.98 Å². The molecule has 0 bridgehead atoms. The molecule has 1 saturated heterocycles. The lowest BCUT2D eigenvalue weighted by Gasteiger charge is -2.36. The zero-order valence-electron chi connectivity index (χ0n) is 12.2. The van der Waals surface area contributed by atoms with Gasteiger partial charge >= 0.3 is 0 Å². The third kappa shape index (κ3) is 3.09. The fourth-order valence-corrected chi connectivity index (χ4v) is 3.49. The lowest BCUT2D eigenvalue weighted by atomic mass is 10.0. The molecule has 0 aromatic carbocycles. The molecule has 1 N–H and O–H groups in total. The molecule has 1 aliphatic rings. The van der Waals surface area contributed by atoms with Crippen molar-refractivity contribution >= 4 is 16.5 Å². The maximum absolute atomic E-state index is 9.52. The Balaban J connectivity index is 2.26. The zero-order chi connectivity index (χ0) is 14.0. The van der Waals surface area contributed by atoms with E-state index in [1.54, 1.807) is 11.3 Å². The molecule has 108 valence electrons. The van der Waals surface area contributed by atoms with E-state index in [1.807, 2.05) is 0 Å². The number of nitrogens with zero attached hydrogens (tertiary/aromatic N) is 2. The molecule has 3 atom stereocenters. The zero-order valence-corrected chi connectivity index (χ0v) is 13.0. The van der Waals surface area contributed by atoms with E-state index < -0.39 is 0 Å². The molecule has 1 fully saturated rings. The molecular weight excluding hydrogens is 260 g/mol. The summed E-state index contributed by atoms with van der Waals surface area (Å²) in [6.07, 6.45) is 1.29. The summed E-state index contributed by atoms with van der Waals surface area (Å²) in [7, 11) is 0. The van der Waals surface area contributed by atoms with Gasteiger partial charge < -0.3 is 14.7 Å². The summed E-state index contributed by atoms with van der Waals surface area (Å²) in [5, 5.41) is 10.5. The molecule has 1 aliphatic heterocycles. The van der Waals surface area contributed by atoms with Crippen molar-refractivity contribution in [2.75, 3.05) is 18.1 Å². The van der Waals surface area contributed by atoms with Crippen molar-refractivity contribution in [3.8, 4) is 0 Å². The van der Waals surface area contributed by atoms with Gasteiger partial charge in [0.15, 0.2) is 5.13 Å².